The Morgan fingerprint density at radius 1 is 1.50 bits per heavy atom. The largest absolute Gasteiger partial charge is 0.244 e. The van der Waals surface area contributed by atoms with Crippen molar-refractivity contribution in [3.8, 4) is 0 Å². The van der Waals surface area contributed by atoms with Gasteiger partial charge >= 0.3 is 0 Å². The molecule has 1 heterocycles. The molecule has 0 aromatic carbocycles. The van der Waals surface area contributed by atoms with Gasteiger partial charge in [-0.3, -0.25) is 0 Å². The zero-order valence-corrected chi connectivity index (χ0v) is 6.20. The second-order valence-electron chi connectivity index (χ2n) is 2.06. The molecular weight excluding hydrogens is 124 g/mol. The molecule has 0 N–H and O–H groups in total. The first-order valence-corrected chi connectivity index (χ1v) is 3.24. The predicted molar refractivity (Wildman–Crippen MR) is 41.5 cm³/mol. The van der Waals surface area contributed by atoms with Gasteiger partial charge in [-0.05, 0) is 13.8 Å². The summed E-state index contributed by atoms with van der Waals surface area (Å²) in [6.07, 6.45) is 7.34. The maximum absolute atomic E-state index is 4.04. The van der Waals surface area contributed by atoms with Crippen LogP contribution in [0.3, 0.4) is 0 Å². The molecule has 0 saturated heterocycles. The van der Waals surface area contributed by atoms with Crippen LogP contribution in [0.4, 0.5) is 0 Å². The normalized spacial score (nSPS) is 10.6. The average molecular weight is 134 g/mol. The summed E-state index contributed by atoms with van der Waals surface area (Å²) >= 11 is 0. The van der Waals surface area contributed by atoms with Crippen molar-refractivity contribution in [3.63, 3.8) is 0 Å². The van der Waals surface area contributed by atoms with E-state index in [1.165, 1.54) is 0 Å². The van der Waals surface area contributed by atoms with Crippen molar-refractivity contribution in [2.24, 2.45) is 0 Å². The van der Waals surface area contributed by atoms with Crippen molar-refractivity contribution in [1.82, 2.24) is 9.97 Å². The highest BCUT2D eigenvalue weighted by Crippen LogP contribution is 2.02. The Hall–Kier alpha value is -1.18. The summed E-state index contributed by atoms with van der Waals surface area (Å²) in [6.45, 7) is 3.95. The van der Waals surface area contributed by atoms with Gasteiger partial charge in [0.05, 0.1) is 0 Å². The molecule has 1 aromatic rings. The summed E-state index contributed by atoms with van der Waals surface area (Å²) in [5.41, 5.74) is 2.11. The van der Waals surface area contributed by atoms with Crippen LogP contribution in [-0.2, 0) is 0 Å². The summed E-state index contributed by atoms with van der Waals surface area (Å²) in [4.78, 5) is 7.94. The van der Waals surface area contributed by atoms with E-state index in [2.05, 4.69) is 9.97 Å². The van der Waals surface area contributed by atoms with Crippen LogP contribution < -0.4 is 0 Å². The Morgan fingerprint density at radius 2 is 2.30 bits per heavy atom. The molecule has 1 rings (SSSR count). The second-order valence-corrected chi connectivity index (χ2v) is 2.06. The van der Waals surface area contributed by atoms with Crippen molar-refractivity contribution in [3.05, 3.63) is 29.9 Å². The number of aromatic nitrogens is 2. The number of hydrogen-bond acceptors (Lipinski definition) is 2. The molecule has 0 atom stereocenters. The highest BCUT2D eigenvalue weighted by Gasteiger charge is 1.90. The lowest BCUT2D eigenvalue weighted by atomic mass is 10.2. The van der Waals surface area contributed by atoms with Gasteiger partial charge in [0, 0.05) is 17.5 Å². The van der Waals surface area contributed by atoms with Crippen LogP contribution in [0.5, 0.6) is 0 Å². The van der Waals surface area contributed by atoms with Gasteiger partial charge in [-0.25, -0.2) is 9.97 Å². The molecule has 1 aromatic heterocycles. The molecule has 52 valence electrons. The fourth-order valence-electron chi connectivity index (χ4n) is 0.745. The molecule has 0 bridgehead atoms. The molecule has 0 radical (unpaired) electrons. The lowest BCUT2D eigenvalue weighted by molar-refractivity contribution is 1.09. The summed E-state index contributed by atoms with van der Waals surface area (Å²) < 4.78 is 0. The first kappa shape index (κ1) is 6.93. The molecule has 0 spiro atoms. The third-order valence-corrected chi connectivity index (χ3v) is 1.30. The monoisotopic (exact) mass is 134 g/mol. The van der Waals surface area contributed by atoms with E-state index in [0.29, 0.717) is 0 Å². The Labute approximate surface area is 60.6 Å². The topological polar surface area (TPSA) is 25.8 Å². The predicted octanol–water partition coefficient (Wildman–Crippen LogP) is 1.82. The minimum Gasteiger partial charge on any atom is -0.244 e. The standard InChI is InChI=1S/C8H10N2/c1-3-4-8-5-9-6-10-7(8)2/h3-6H,1-2H3/b4-3-. The zero-order chi connectivity index (χ0) is 7.40. The Kier molecular flexibility index (Phi) is 2.15. The van der Waals surface area contributed by atoms with Gasteiger partial charge in [-0.15, -0.1) is 0 Å². The van der Waals surface area contributed by atoms with Crippen molar-refractivity contribution >= 4 is 6.08 Å². The average Bonchev–Trinajstić information content (AvgIpc) is 1.94. The smallest absolute Gasteiger partial charge is 0.115 e. The van der Waals surface area contributed by atoms with Gasteiger partial charge < -0.3 is 0 Å². The van der Waals surface area contributed by atoms with Gasteiger partial charge in [-0.2, -0.15) is 0 Å². The highest BCUT2D eigenvalue weighted by molar-refractivity contribution is 5.49. The van der Waals surface area contributed by atoms with Gasteiger partial charge in [0.2, 0.25) is 0 Å². The van der Waals surface area contributed by atoms with Crippen LogP contribution in [0, 0.1) is 6.92 Å². The first-order chi connectivity index (χ1) is 4.84. The summed E-state index contributed by atoms with van der Waals surface area (Å²) in [7, 11) is 0. The van der Waals surface area contributed by atoms with Gasteiger partial charge in [0.25, 0.3) is 0 Å². The molecule has 0 fully saturated rings. The number of rotatable bonds is 1. The number of hydrogen-bond donors (Lipinski definition) is 0. The third-order valence-electron chi connectivity index (χ3n) is 1.30. The van der Waals surface area contributed by atoms with Gasteiger partial charge in [0.15, 0.2) is 0 Å². The SMILES string of the molecule is C/C=C\c1cncnc1C. The van der Waals surface area contributed by atoms with Crippen LogP contribution in [0.15, 0.2) is 18.6 Å². The number of nitrogens with zero attached hydrogens (tertiary/aromatic N) is 2. The fourth-order valence-corrected chi connectivity index (χ4v) is 0.745. The molecule has 0 amide bonds. The zero-order valence-electron chi connectivity index (χ0n) is 6.20. The van der Waals surface area contributed by atoms with Crippen molar-refractivity contribution in [2.45, 2.75) is 13.8 Å². The van der Waals surface area contributed by atoms with E-state index in [1.54, 1.807) is 6.33 Å². The molecular formula is C8H10N2. The van der Waals surface area contributed by atoms with E-state index in [9.17, 15) is 0 Å². The molecule has 0 unspecified atom stereocenters. The minimum atomic E-state index is 1.02. The van der Waals surface area contributed by atoms with Crippen LogP contribution in [0.1, 0.15) is 18.2 Å². The van der Waals surface area contributed by atoms with E-state index in [0.717, 1.165) is 11.3 Å². The van der Waals surface area contributed by atoms with Crippen molar-refractivity contribution < 1.29 is 0 Å². The molecule has 0 saturated carbocycles. The van der Waals surface area contributed by atoms with E-state index < -0.39 is 0 Å². The maximum Gasteiger partial charge on any atom is 0.115 e. The van der Waals surface area contributed by atoms with E-state index in [4.69, 9.17) is 0 Å². The lowest BCUT2D eigenvalue weighted by Crippen LogP contribution is -1.86. The van der Waals surface area contributed by atoms with Crippen LogP contribution in [-0.4, -0.2) is 9.97 Å². The molecule has 0 aliphatic carbocycles. The van der Waals surface area contributed by atoms with Gasteiger partial charge in [-0.1, -0.05) is 12.2 Å². The van der Waals surface area contributed by atoms with E-state index in [1.807, 2.05) is 32.2 Å². The quantitative estimate of drug-likeness (QED) is 0.585. The van der Waals surface area contributed by atoms with Crippen molar-refractivity contribution in [2.75, 3.05) is 0 Å². The number of aryl methyl sites for hydroxylation is 1. The van der Waals surface area contributed by atoms with Crippen molar-refractivity contribution in [1.29, 1.82) is 0 Å². The third kappa shape index (κ3) is 1.41. The lowest BCUT2D eigenvalue weighted by Gasteiger charge is -1.94. The Morgan fingerprint density at radius 3 is 2.90 bits per heavy atom. The Bertz CT molecular complexity index is 241. The molecule has 10 heavy (non-hydrogen) atoms. The van der Waals surface area contributed by atoms with Crippen LogP contribution in [0.25, 0.3) is 6.08 Å². The van der Waals surface area contributed by atoms with Crippen LogP contribution in [0.2, 0.25) is 0 Å². The first-order valence-electron chi connectivity index (χ1n) is 3.24. The summed E-state index contributed by atoms with van der Waals surface area (Å²) in [5, 5.41) is 0. The minimum absolute atomic E-state index is 1.02. The molecule has 2 heteroatoms. The van der Waals surface area contributed by atoms with E-state index in [-0.39, 0.29) is 0 Å². The second kappa shape index (κ2) is 3.11. The molecule has 2 nitrogen and oxygen atoms in total. The Balaban J connectivity index is 3.03. The van der Waals surface area contributed by atoms with Crippen LogP contribution >= 0.6 is 0 Å². The summed E-state index contributed by atoms with van der Waals surface area (Å²) in [6, 6.07) is 0. The molecule has 0 aliphatic rings. The number of allylic oxidation sites excluding steroid dienone is 1. The fraction of sp³-hybridized carbons (Fsp3) is 0.250. The highest BCUT2D eigenvalue weighted by atomic mass is 14.8. The maximum atomic E-state index is 4.04. The summed E-state index contributed by atoms with van der Waals surface area (Å²) in [5.74, 6) is 0. The molecule has 0 aliphatic heterocycles. The van der Waals surface area contributed by atoms with E-state index >= 15 is 0 Å². The van der Waals surface area contributed by atoms with Gasteiger partial charge in [0.1, 0.15) is 6.33 Å².